The summed E-state index contributed by atoms with van der Waals surface area (Å²) in [5.41, 5.74) is 0.840. The smallest absolute Gasteiger partial charge is 0.270 e. The minimum atomic E-state index is -4.00. The molecule has 0 atom stereocenters. The van der Waals surface area contributed by atoms with Crippen LogP contribution < -0.4 is 5.32 Å². The van der Waals surface area contributed by atoms with Crippen LogP contribution in [-0.2, 0) is 21.2 Å². The number of hydrogen-bond donors (Lipinski definition) is 1. The Morgan fingerprint density at radius 1 is 1.15 bits per heavy atom. The number of hydrogen-bond acceptors (Lipinski definition) is 5. The van der Waals surface area contributed by atoms with Crippen LogP contribution in [-0.4, -0.2) is 43.7 Å². The number of sulfonamides is 1. The third-order valence-corrected chi connectivity index (χ3v) is 5.71. The summed E-state index contributed by atoms with van der Waals surface area (Å²) in [4.78, 5) is 21.9. The lowest BCUT2D eigenvalue weighted by Crippen LogP contribution is -2.38. The maximum absolute atomic E-state index is 12.5. The highest BCUT2D eigenvalue weighted by atomic mass is 32.2. The fraction of sp³-hybridized carbons (Fsp3) is 0.278. The number of benzene rings is 2. The number of likely N-dealkylation sites (N-methyl/N-ethyl adjacent to an activating group) is 1. The van der Waals surface area contributed by atoms with Crippen LogP contribution in [0, 0.1) is 10.1 Å². The standard InChI is InChI=1S/C18H21N3O5S/c1-20(27(25,26)17-11-5-10-16(13-17)21(23)24)14-18(22)19-12-6-9-15-7-3-2-4-8-15/h2-5,7-8,10-11,13H,6,9,12,14H2,1H3,(H,19,22). The molecule has 0 saturated carbocycles. The highest BCUT2D eigenvalue weighted by Crippen LogP contribution is 2.19. The van der Waals surface area contributed by atoms with Crippen LogP contribution in [0.2, 0.25) is 0 Å². The first-order chi connectivity index (χ1) is 12.8. The van der Waals surface area contributed by atoms with Gasteiger partial charge in [0.2, 0.25) is 15.9 Å². The van der Waals surface area contributed by atoms with E-state index in [9.17, 15) is 23.3 Å². The van der Waals surface area contributed by atoms with Gasteiger partial charge in [0.15, 0.2) is 0 Å². The molecule has 0 aliphatic carbocycles. The summed E-state index contributed by atoms with van der Waals surface area (Å²) in [6.45, 7) is 0.0643. The van der Waals surface area contributed by atoms with Gasteiger partial charge in [-0.25, -0.2) is 8.42 Å². The lowest BCUT2D eigenvalue weighted by atomic mass is 10.1. The Morgan fingerprint density at radius 2 is 1.85 bits per heavy atom. The molecule has 0 radical (unpaired) electrons. The van der Waals surface area contributed by atoms with Crippen molar-refractivity contribution in [2.24, 2.45) is 0 Å². The van der Waals surface area contributed by atoms with Crippen molar-refractivity contribution in [3.63, 3.8) is 0 Å². The number of nitro groups is 1. The lowest BCUT2D eigenvalue weighted by Gasteiger charge is -2.16. The Hall–Kier alpha value is -2.78. The first-order valence-corrected chi connectivity index (χ1v) is 9.76. The number of nitrogens with zero attached hydrogens (tertiary/aromatic N) is 2. The second-order valence-corrected chi connectivity index (χ2v) is 8.00. The van der Waals surface area contributed by atoms with Crippen molar-refractivity contribution in [2.75, 3.05) is 20.1 Å². The molecule has 0 aliphatic rings. The molecule has 1 amide bonds. The molecule has 0 bridgehead atoms. The summed E-state index contributed by atoms with van der Waals surface area (Å²) >= 11 is 0. The van der Waals surface area contributed by atoms with E-state index in [-0.39, 0.29) is 17.1 Å². The number of nitro benzene ring substituents is 1. The molecule has 27 heavy (non-hydrogen) atoms. The third-order valence-electron chi connectivity index (χ3n) is 3.91. The zero-order chi connectivity index (χ0) is 19.9. The van der Waals surface area contributed by atoms with Gasteiger partial charge in [0.05, 0.1) is 16.4 Å². The third kappa shape index (κ3) is 5.87. The molecule has 1 N–H and O–H groups in total. The van der Waals surface area contributed by atoms with Crippen molar-refractivity contribution in [1.82, 2.24) is 9.62 Å². The molecule has 9 heteroatoms. The second kappa shape index (κ2) is 9.24. The van der Waals surface area contributed by atoms with Crippen LogP contribution in [0.15, 0.2) is 59.5 Å². The quantitative estimate of drug-likeness (QED) is 0.399. The number of aryl methyl sites for hydroxylation is 1. The number of carbonyl (C=O) groups excluding carboxylic acids is 1. The van der Waals surface area contributed by atoms with E-state index in [1.807, 2.05) is 30.3 Å². The number of carbonyl (C=O) groups is 1. The topological polar surface area (TPSA) is 110 Å². The molecule has 8 nitrogen and oxygen atoms in total. The molecule has 0 heterocycles. The number of amides is 1. The van der Waals surface area contributed by atoms with Gasteiger partial charge in [-0.15, -0.1) is 0 Å². The summed E-state index contributed by atoms with van der Waals surface area (Å²) < 4.78 is 25.8. The Kier molecular flexibility index (Phi) is 7.03. The largest absolute Gasteiger partial charge is 0.355 e. The fourth-order valence-corrected chi connectivity index (χ4v) is 3.61. The van der Waals surface area contributed by atoms with Crippen LogP contribution in [0.1, 0.15) is 12.0 Å². The van der Waals surface area contributed by atoms with E-state index in [4.69, 9.17) is 0 Å². The molecule has 2 aromatic rings. The van der Waals surface area contributed by atoms with E-state index >= 15 is 0 Å². The van der Waals surface area contributed by atoms with Crippen LogP contribution in [0.4, 0.5) is 5.69 Å². The van der Waals surface area contributed by atoms with Gasteiger partial charge >= 0.3 is 0 Å². The van der Waals surface area contributed by atoms with Crippen molar-refractivity contribution in [2.45, 2.75) is 17.7 Å². The fourth-order valence-electron chi connectivity index (χ4n) is 2.45. The van der Waals surface area contributed by atoms with Crippen molar-refractivity contribution in [1.29, 1.82) is 0 Å². The lowest BCUT2D eigenvalue weighted by molar-refractivity contribution is -0.385. The second-order valence-electron chi connectivity index (χ2n) is 5.95. The van der Waals surface area contributed by atoms with E-state index in [0.717, 1.165) is 28.8 Å². The monoisotopic (exact) mass is 391 g/mol. The van der Waals surface area contributed by atoms with E-state index in [0.29, 0.717) is 6.54 Å². The number of nitrogens with one attached hydrogen (secondary N) is 1. The highest BCUT2D eigenvalue weighted by molar-refractivity contribution is 7.89. The van der Waals surface area contributed by atoms with Gasteiger partial charge < -0.3 is 5.32 Å². The summed E-state index contributed by atoms with van der Waals surface area (Å²) in [7, 11) is -2.73. The van der Waals surface area contributed by atoms with Crippen molar-refractivity contribution in [3.8, 4) is 0 Å². The molecule has 0 unspecified atom stereocenters. The average Bonchev–Trinajstić information content (AvgIpc) is 2.66. The molecule has 0 aromatic heterocycles. The molecule has 0 fully saturated rings. The molecular formula is C18H21N3O5S. The SMILES string of the molecule is CN(CC(=O)NCCCc1ccccc1)S(=O)(=O)c1cccc([N+](=O)[O-])c1. The van der Waals surface area contributed by atoms with Crippen LogP contribution >= 0.6 is 0 Å². The van der Waals surface area contributed by atoms with E-state index in [1.165, 1.54) is 25.2 Å². The molecule has 0 aliphatic heterocycles. The predicted octanol–water partition coefficient (Wildman–Crippen LogP) is 1.96. The zero-order valence-electron chi connectivity index (χ0n) is 14.9. The molecule has 0 spiro atoms. The molecule has 144 valence electrons. The average molecular weight is 391 g/mol. The molecular weight excluding hydrogens is 370 g/mol. The Balaban J connectivity index is 1.87. The highest BCUT2D eigenvalue weighted by Gasteiger charge is 2.24. The van der Waals surface area contributed by atoms with E-state index < -0.39 is 20.9 Å². The van der Waals surface area contributed by atoms with Gasteiger partial charge in [0, 0.05) is 25.7 Å². The maximum atomic E-state index is 12.5. The van der Waals surface area contributed by atoms with Gasteiger partial charge in [-0.05, 0) is 24.5 Å². The normalized spacial score (nSPS) is 11.3. The van der Waals surface area contributed by atoms with Gasteiger partial charge in [0.25, 0.3) is 5.69 Å². The van der Waals surface area contributed by atoms with Gasteiger partial charge in [-0.1, -0.05) is 36.4 Å². The summed E-state index contributed by atoms with van der Waals surface area (Å²) in [6.07, 6.45) is 1.54. The van der Waals surface area contributed by atoms with Crippen LogP contribution in [0.5, 0.6) is 0 Å². The van der Waals surface area contributed by atoms with E-state index in [1.54, 1.807) is 0 Å². The maximum Gasteiger partial charge on any atom is 0.270 e. The predicted molar refractivity (Wildman–Crippen MR) is 101 cm³/mol. The van der Waals surface area contributed by atoms with Gasteiger partial charge in [0.1, 0.15) is 0 Å². The molecule has 2 aromatic carbocycles. The molecule has 2 rings (SSSR count). The number of non-ortho nitro benzene ring substituents is 1. The molecule has 0 saturated heterocycles. The van der Waals surface area contributed by atoms with E-state index in [2.05, 4.69) is 5.32 Å². The van der Waals surface area contributed by atoms with Crippen molar-refractivity contribution < 1.29 is 18.1 Å². The Labute approximate surface area is 158 Å². The minimum Gasteiger partial charge on any atom is -0.355 e. The summed E-state index contributed by atoms with van der Waals surface area (Å²) in [5, 5.41) is 13.5. The summed E-state index contributed by atoms with van der Waals surface area (Å²) in [5.74, 6) is -0.431. The zero-order valence-corrected chi connectivity index (χ0v) is 15.7. The summed E-state index contributed by atoms with van der Waals surface area (Å²) in [6, 6.07) is 14.6. The Bertz CT molecular complexity index is 900. The van der Waals surface area contributed by atoms with Gasteiger partial charge in [-0.3, -0.25) is 14.9 Å². The first-order valence-electron chi connectivity index (χ1n) is 8.32. The van der Waals surface area contributed by atoms with Gasteiger partial charge in [-0.2, -0.15) is 4.31 Å². The van der Waals surface area contributed by atoms with Crippen LogP contribution in [0.25, 0.3) is 0 Å². The van der Waals surface area contributed by atoms with Crippen LogP contribution in [0.3, 0.4) is 0 Å². The minimum absolute atomic E-state index is 0.226. The first kappa shape index (κ1) is 20.5. The number of rotatable bonds is 9. The van der Waals surface area contributed by atoms with Crippen molar-refractivity contribution >= 4 is 21.6 Å². The van der Waals surface area contributed by atoms with Crippen molar-refractivity contribution in [3.05, 3.63) is 70.3 Å². The Morgan fingerprint density at radius 3 is 2.52 bits per heavy atom.